The van der Waals surface area contributed by atoms with Gasteiger partial charge in [-0.05, 0) is 49.6 Å². The molecular weight excluding hydrogens is 414 g/mol. The molecule has 0 bridgehead atoms. The molecule has 3 heterocycles. The van der Waals surface area contributed by atoms with Crippen LogP contribution in [0.2, 0.25) is 0 Å². The first-order valence-electron chi connectivity index (χ1n) is 10.6. The highest BCUT2D eigenvalue weighted by Crippen LogP contribution is 2.24. The molecule has 0 atom stereocenters. The van der Waals surface area contributed by atoms with Gasteiger partial charge in [-0.1, -0.05) is 0 Å². The molecule has 2 fully saturated rings. The number of amides is 1. The lowest BCUT2D eigenvalue weighted by molar-refractivity contribution is 0.0757. The number of sulfonamides is 1. The average molecular weight is 442 g/mol. The predicted molar refractivity (Wildman–Crippen MR) is 117 cm³/mol. The Balaban J connectivity index is 1.47. The molecule has 8 nitrogen and oxygen atoms in total. The highest BCUT2D eigenvalue weighted by Gasteiger charge is 2.30. The number of benzene rings is 1. The van der Waals surface area contributed by atoms with Gasteiger partial charge in [-0.2, -0.15) is 9.57 Å². The summed E-state index contributed by atoms with van der Waals surface area (Å²) >= 11 is 0. The number of anilines is 1. The number of hydrogen-bond donors (Lipinski definition) is 0. The van der Waals surface area contributed by atoms with Crippen LogP contribution in [0.3, 0.4) is 0 Å². The monoisotopic (exact) mass is 441 g/mol. The summed E-state index contributed by atoms with van der Waals surface area (Å²) in [6, 6.07) is 11.1. The van der Waals surface area contributed by atoms with E-state index in [4.69, 9.17) is 5.26 Å². The lowest BCUT2D eigenvalue weighted by Gasteiger charge is -2.24. The molecule has 1 aromatic heterocycles. The van der Waals surface area contributed by atoms with E-state index in [1.165, 1.54) is 10.4 Å². The number of rotatable bonds is 4. The van der Waals surface area contributed by atoms with E-state index in [0.29, 0.717) is 44.0 Å². The molecule has 2 saturated heterocycles. The molecule has 0 saturated carbocycles. The summed E-state index contributed by atoms with van der Waals surface area (Å²) < 4.78 is 28.8. The van der Waals surface area contributed by atoms with Crippen LogP contribution in [-0.2, 0) is 17.1 Å². The van der Waals surface area contributed by atoms with E-state index in [1.54, 1.807) is 34.8 Å². The van der Waals surface area contributed by atoms with Gasteiger partial charge in [-0.25, -0.2) is 8.42 Å². The average Bonchev–Trinajstić information content (AvgIpc) is 3.39. The molecule has 0 spiro atoms. The van der Waals surface area contributed by atoms with Crippen LogP contribution in [0.5, 0.6) is 0 Å². The number of aryl methyl sites for hydroxylation is 1. The van der Waals surface area contributed by atoms with Crippen LogP contribution in [0.4, 0.5) is 5.69 Å². The maximum absolute atomic E-state index is 13.2. The van der Waals surface area contributed by atoms with Crippen LogP contribution >= 0.6 is 0 Å². The Hall–Kier alpha value is -2.83. The second-order valence-corrected chi connectivity index (χ2v) is 10.0. The molecule has 2 aliphatic heterocycles. The summed E-state index contributed by atoms with van der Waals surface area (Å²) in [4.78, 5) is 17.4. The van der Waals surface area contributed by atoms with Gasteiger partial charge in [0.25, 0.3) is 5.91 Å². The van der Waals surface area contributed by atoms with Crippen molar-refractivity contribution in [1.82, 2.24) is 13.8 Å². The molecule has 0 aliphatic carbocycles. The summed E-state index contributed by atoms with van der Waals surface area (Å²) in [6.07, 6.45) is 4.11. The van der Waals surface area contributed by atoms with Gasteiger partial charge in [0.1, 0.15) is 10.6 Å². The normalized spacial score (nSPS) is 18.1. The second-order valence-electron chi connectivity index (χ2n) is 8.07. The first kappa shape index (κ1) is 21.4. The minimum Gasteiger partial charge on any atom is -0.370 e. The van der Waals surface area contributed by atoms with Crippen LogP contribution in [-0.4, -0.2) is 67.4 Å². The molecule has 1 aromatic carbocycles. The summed E-state index contributed by atoms with van der Waals surface area (Å²) in [5.74, 6) is -0.146. The largest absolute Gasteiger partial charge is 0.370 e. The predicted octanol–water partition coefficient (Wildman–Crippen LogP) is 2.03. The van der Waals surface area contributed by atoms with E-state index < -0.39 is 10.0 Å². The molecule has 164 valence electrons. The number of carbonyl (C=O) groups excluding carboxylic acids is 1. The summed E-state index contributed by atoms with van der Waals surface area (Å²) in [7, 11) is -1.83. The maximum Gasteiger partial charge on any atom is 0.270 e. The number of carbonyl (C=O) groups is 1. The summed E-state index contributed by atoms with van der Waals surface area (Å²) in [5.41, 5.74) is 2.05. The minimum absolute atomic E-state index is 0.146. The topological polar surface area (TPSA) is 89.7 Å². The van der Waals surface area contributed by atoms with Crippen LogP contribution in [0.1, 0.15) is 35.3 Å². The van der Waals surface area contributed by atoms with Gasteiger partial charge in [-0.3, -0.25) is 4.79 Å². The van der Waals surface area contributed by atoms with Crippen LogP contribution in [0.15, 0.2) is 41.4 Å². The first-order valence-corrected chi connectivity index (χ1v) is 12.0. The second kappa shape index (κ2) is 8.73. The third-order valence-corrected chi connectivity index (χ3v) is 7.91. The standard InChI is InChI=1S/C22H27N5O3S/c1-24-17-20(31(29,30)27-11-2-3-12-27)15-21(24)22(28)26-10-4-9-25(13-14-26)19-7-5-18(16-23)6-8-19/h5-8,15,17H,2-4,9-14H2,1H3. The van der Waals surface area contributed by atoms with E-state index in [-0.39, 0.29) is 10.8 Å². The number of aromatic nitrogens is 1. The van der Waals surface area contributed by atoms with Gasteiger partial charge in [0.15, 0.2) is 0 Å². The van der Waals surface area contributed by atoms with E-state index in [0.717, 1.165) is 31.5 Å². The molecule has 31 heavy (non-hydrogen) atoms. The zero-order chi connectivity index (χ0) is 22.0. The summed E-state index contributed by atoms with van der Waals surface area (Å²) in [6.45, 7) is 3.75. The van der Waals surface area contributed by atoms with Crippen molar-refractivity contribution in [3.05, 3.63) is 47.8 Å². The van der Waals surface area contributed by atoms with Crippen molar-refractivity contribution >= 4 is 21.6 Å². The number of nitrogens with zero attached hydrogens (tertiary/aromatic N) is 5. The molecule has 2 aromatic rings. The molecule has 0 radical (unpaired) electrons. The van der Waals surface area contributed by atoms with Crippen molar-refractivity contribution in [1.29, 1.82) is 5.26 Å². The van der Waals surface area contributed by atoms with Crippen LogP contribution < -0.4 is 4.90 Å². The van der Waals surface area contributed by atoms with Gasteiger partial charge in [0, 0.05) is 58.2 Å². The molecule has 4 rings (SSSR count). The highest BCUT2D eigenvalue weighted by atomic mass is 32.2. The Labute approximate surface area is 183 Å². The van der Waals surface area contributed by atoms with Crippen molar-refractivity contribution < 1.29 is 13.2 Å². The van der Waals surface area contributed by atoms with Crippen molar-refractivity contribution in [3.8, 4) is 6.07 Å². The Morgan fingerprint density at radius 2 is 1.68 bits per heavy atom. The van der Waals surface area contributed by atoms with Gasteiger partial charge >= 0.3 is 0 Å². The van der Waals surface area contributed by atoms with Crippen molar-refractivity contribution in [2.75, 3.05) is 44.2 Å². The number of nitriles is 1. The lowest BCUT2D eigenvalue weighted by atomic mass is 10.2. The summed E-state index contributed by atoms with van der Waals surface area (Å²) in [5, 5.41) is 8.97. The molecule has 0 N–H and O–H groups in total. The van der Waals surface area contributed by atoms with E-state index in [1.807, 2.05) is 12.1 Å². The zero-order valence-corrected chi connectivity index (χ0v) is 18.5. The molecular formula is C22H27N5O3S. The van der Waals surface area contributed by atoms with Gasteiger partial charge in [-0.15, -0.1) is 0 Å². The Bertz CT molecular complexity index is 1100. The molecule has 0 unspecified atom stereocenters. The smallest absolute Gasteiger partial charge is 0.270 e. The Kier molecular flexibility index (Phi) is 6.03. The van der Waals surface area contributed by atoms with Crippen molar-refractivity contribution in [3.63, 3.8) is 0 Å². The van der Waals surface area contributed by atoms with E-state index in [9.17, 15) is 13.2 Å². The first-order chi connectivity index (χ1) is 14.9. The maximum atomic E-state index is 13.2. The number of hydrogen-bond acceptors (Lipinski definition) is 5. The van der Waals surface area contributed by atoms with Crippen LogP contribution in [0, 0.1) is 11.3 Å². The fourth-order valence-corrected chi connectivity index (χ4v) is 5.84. The fourth-order valence-electron chi connectivity index (χ4n) is 4.25. The quantitative estimate of drug-likeness (QED) is 0.724. The SMILES string of the molecule is Cn1cc(S(=O)(=O)N2CCCC2)cc1C(=O)N1CCCN(c2ccc(C#N)cc2)CC1. The third kappa shape index (κ3) is 4.31. The molecule has 1 amide bonds. The van der Waals surface area contributed by atoms with Gasteiger partial charge in [0.05, 0.1) is 11.6 Å². The Morgan fingerprint density at radius 3 is 2.35 bits per heavy atom. The highest BCUT2D eigenvalue weighted by molar-refractivity contribution is 7.89. The van der Waals surface area contributed by atoms with Gasteiger partial charge in [0.2, 0.25) is 10.0 Å². The van der Waals surface area contributed by atoms with Crippen molar-refractivity contribution in [2.45, 2.75) is 24.2 Å². The van der Waals surface area contributed by atoms with Crippen molar-refractivity contribution in [2.24, 2.45) is 7.05 Å². The molecule has 2 aliphatic rings. The Morgan fingerprint density at radius 1 is 0.968 bits per heavy atom. The fraction of sp³-hybridized carbons (Fsp3) is 0.455. The van der Waals surface area contributed by atoms with Crippen LogP contribution in [0.25, 0.3) is 0 Å². The molecule has 9 heteroatoms. The lowest BCUT2D eigenvalue weighted by Crippen LogP contribution is -2.36. The third-order valence-electron chi connectivity index (χ3n) is 6.05. The van der Waals surface area contributed by atoms with Gasteiger partial charge < -0.3 is 14.4 Å². The van der Waals surface area contributed by atoms with E-state index >= 15 is 0 Å². The minimum atomic E-state index is -3.55. The zero-order valence-electron chi connectivity index (χ0n) is 17.7. The van der Waals surface area contributed by atoms with E-state index in [2.05, 4.69) is 11.0 Å².